The summed E-state index contributed by atoms with van der Waals surface area (Å²) >= 11 is 5.96. The number of anilines is 2. The van der Waals surface area contributed by atoms with Crippen molar-refractivity contribution in [3.8, 4) is 0 Å². The van der Waals surface area contributed by atoms with E-state index in [1.165, 1.54) is 10.9 Å². The van der Waals surface area contributed by atoms with E-state index < -0.39 is 10.0 Å². The second-order valence-electron chi connectivity index (χ2n) is 4.14. The molecule has 1 aromatic heterocycles. The number of nitrogens with one attached hydrogen (secondary N) is 1. The van der Waals surface area contributed by atoms with E-state index in [0.717, 1.165) is 5.56 Å². The summed E-state index contributed by atoms with van der Waals surface area (Å²) in [6.45, 7) is 1.84. The number of nitrogens with two attached hydrogens (primary N) is 1. The van der Waals surface area contributed by atoms with Gasteiger partial charge >= 0.3 is 0 Å². The second-order valence-corrected chi connectivity index (χ2v) is 6.20. The molecule has 0 radical (unpaired) electrons. The molecule has 1 heterocycles. The summed E-state index contributed by atoms with van der Waals surface area (Å²) in [6, 6.07) is 5.06. The highest BCUT2D eigenvalue weighted by Gasteiger charge is 2.21. The van der Waals surface area contributed by atoms with E-state index >= 15 is 0 Å². The Balaban J connectivity index is 2.42. The topological polar surface area (TPSA) is 90.0 Å². The lowest BCUT2D eigenvalue weighted by atomic mass is 10.2. The average Bonchev–Trinajstić information content (AvgIpc) is 2.63. The Morgan fingerprint density at radius 3 is 2.68 bits per heavy atom. The van der Waals surface area contributed by atoms with Crippen LogP contribution in [0.5, 0.6) is 0 Å². The molecular weight excluding hydrogens is 288 g/mol. The molecule has 102 valence electrons. The quantitative estimate of drug-likeness (QED) is 0.904. The maximum atomic E-state index is 12.2. The lowest BCUT2D eigenvalue weighted by Crippen LogP contribution is -2.14. The van der Waals surface area contributed by atoms with Gasteiger partial charge in [0.2, 0.25) is 0 Å². The number of sulfonamides is 1. The van der Waals surface area contributed by atoms with Crippen LogP contribution < -0.4 is 10.5 Å². The standard InChI is InChI=1S/C11H13ClN4O2S/c1-7-3-4-8(12)9(5-7)15-19(17,18)10-6-16(2)14-11(10)13/h3-6,15H,1-2H3,(H2,13,14). The summed E-state index contributed by atoms with van der Waals surface area (Å²) in [5.41, 5.74) is 6.77. The first-order chi connectivity index (χ1) is 8.79. The van der Waals surface area contributed by atoms with Crippen molar-refractivity contribution >= 4 is 33.1 Å². The molecule has 19 heavy (non-hydrogen) atoms. The number of nitrogens with zero attached hydrogens (tertiary/aromatic N) is 2. The molecular formula is C11H13ClN4O2S. The van der Waals surface area contributed by atoms with Crippen LogP contribution in [0.15, 0.2) is 29.3 Å². The van der Waals surface area contributed by atoms with Gasteiger partial charge in [0.15, 0.2) is 5.82 Å². The molecule has 2 aromatic rings. The number of rotatable bonds is 3. The molecule has 0 aliphatic heterocycles. The van der Waals surface area contributed by atoms with Crippen LogP contribution in [0.4, 0.5) is 11.5 Å². The Hall–Kier alpha value is -1.73. The number of aromatic nitrogens is 2. The normalized spacial score (nSPS) is 11.5. The van der Waals surface area contributed by atoms with Crippen molar-refractivity contribution in [2.24, 2.45) is 7.05 Å². The molecule has 2 rings (SSSR count). The third-order valence-electron chi connectivity index (χ3n) is 2.48. The van der Waals surface area contributed by atoms with Gasteiger partial charge in [-0.25, -0.2) is 8.42 Å². The molecule has 3 N–H and O–H groups in total. The van der Waals surface area contributed by atoms with Gasteiger partial charge in [-0.3, -0.25) is 9.40 Å². The Kier molecular flexibility index (Phi) is 3.42. The van der Waals surface area contributed by atoms with Gasteiger partial charge in [0.05, 0.1) is 10.7 Å². The molecule has 0 bridgehead atoms. The van der Waals surface area contributed by atoms with E-state index in [1.807, 2.05) is 6.92 Å². The number of hydrogen-bond donors (Lipinski definition) is 2. The van der Waals surface area contributed by atoms with Gasteiger partial charge in [0.25, 0.3) is 10.0 Å². The molecule has 0 fully saturated rings. The van der Waals surface area contributed by atoms with Crippen LogP contribution in [0, 0.1) is 6.92 Å². The summed E-state index contributed by atoms with van der Waals surface area (Å²) in [4.78, 5) is -0.0763. The SMILES string of the molecule is Cc1ccc(Cl)c(NS(=O)(=O)c2cn(C)nc2N)c1. The van der Waals surface area contributed by atoms with Crippen LogP contribution in [0.2, 0.25) is 5.02 Å². The van der Waals surface area contributed by atoms with E-state index in [0.29, 0.717) is 10.7 Å². The van der Waals surface area contributed by atoms with E-state index in [9.17, 15) is 8.42 Å². The Labute approximate surface area is 116 Å². The molecule has 0 aliphatic carbocycles. The molecule has 0 atom stereocenters. The highest BCUT2D eigenvalue weighted by molar-refractivity contribution is 7.92. The lowest BCUT2D eigenvalue weighted by Gasteiger charge is -2.09. The Bertz CT molecular complexity index is 724. The second kappa shape index (κ2) is 4.75. The number of nitrogen functional groups attached to an aromatic ring is 1. The van der Waals surface area contributed by atoms with Crippen molar-refractivity contribution in [3.05, 3.63) is 35.0 Å². The third kappa shape index (κ3) is 2.82. The fourth-order valence-corrected chi connectivity index (χ4v) is 3.00. The van der Waals surface area contributed by atoms with Crippen molar-refractivity contribution < 1.29 is 8.42 Å². The summed E-state index contributed by atoms with van der Waals surface area (Å²) in [5.74, 6) is -0.0567. The third-order valence-corrected chi connectivity index (χ3v) is 4.19. The minimum absolute atomic E-state index is 0.0567. The Morgan fingerprint density at radius 1 is 1.42 bits per heavy atom. The molecule has 8 heteroatoms. The molecule has 0 amide bonds. The lowest BCUT2D eigenvalue weighted by molar-refractivity contribution is 0.601. The monoisotopic (exact) mass is 300 g/mol. The van der Waals surface area contributed by atoms with E-state index in [1.54, 1.807) is 25.2 Å². The molecule has 0 spiro atoms. The van der Waals surface area contributed by atoms with Crippen molar-refractivity contribution in [2.75, 3.05) is 10.5 Å². The number of halogens is 1. The minimum atomic E-state index is -3.81. The first-order valence-electron chi connectivity index (χ1n) is 5.37. The fourth-order valence-electron chi connectivity index (χ4n) is 1.61. The predicted molar refractivity (Wildman–Crippen MR) is 74.6 cm³/mol. The van der Waals surface area contributed by atoms with Crippen LogP contribution in [0.25, 0.3) is 0 Å². The van der Waals surface area contributed by atoms with Crippen LogP contribution in [0.1, 0.15) is 5.56 Å². The summed E-state index contributed by atoms with van der Waals surface area (Å²) < 4.78 is 28.1. The predicted octanol–water partition coefficient (Wildman–Crippen LogP) is 1.76. The largest absolute Gasteiger partial charge is 0.381 e. The van der Waals surface area contributed by atoms with Gasteiger partial charge in [0.1, 0.15) is 4.90 Å². The van der Waals surface area contributed by atoms with Gasteiger partial charge < -0.3 is 5.73 Å². The van der Waals surface area contributed by atoms with Crippen molar-refractivity contribution in [2.45, 2.75) is 11.8 Å². The highest BCUT2D eigenvalue weighted by atomic mass is 35.5. The molecule has 1 aromatic carbocycles. The van der Waals surface area contributed by atoms with Gasteiger partial charge in [-0.2, -0.15) is 5.10 Å². The zero-order chi connectivity index (χ0) is 14.2. The van der Waals surface area contributed by atoms with Crippen LogP contribution >= 0.6 is 11.6 Å². The summed E-state index contributed by atoms with van der Waals surface area (Å²) in [7, 11) is -2.21. The van der Waals surface area contributed by atoms with E-state index in [4.69, 9.17) is 17.3 Å². The number of benzene rings is 1. The van der Waals surface area contributed by atoms with Gasteiger partial charge in [0, 0.05) is 13.2 Å². The molecule has 6 nitrogen and oxygen atoms in total. The van der Waals surface area contributed by atoms with E-state index in [2.05, 4.69) is 9.82 Å². The minimum Gasteiger partial charge on any atom is -0.381 e. The molecule has 0 saturated heterocycles. The van der Waals surface area contributed by atoms with Crippen molar-refractivity contribution in [3.63, 3.8) is 0 Å². The van der Waals surface area contributed by atoms with Gasteiger partial charge in [-0.05, 0) is 24.6 Å². The molecule has 0 saturated carbocycles. The maximum Gasteiger partial charge on any atom is 0.267 e. The number of hydrogen-bond acceptors (Lipinski definition) is 4. The number of aryl methyl sites for hydroxylation is 2. The van der Waals surface area contributed by atoms with Gasteiger partial charge in [-0.15, -0.1) is 0 Å². The zero-order valence-corrected chi connectivity index (χ0v) is 12.0. The zero-order valence-electron chi connectivity index (χ0n) is 10.4. The molecule has 0 unspecified atom stereocenters. The first-order valence-corrected chi connectivity index (χ1v) is 7.24. The van der Waals surface area contributed by atoms with Crippen LogP contribution in [-0.4, -0.2) is 18.2 Å². The highest BCUT2D eigenvalue weighted by Crippen LogP contribution is 2.26. The summed E-state index contributed by atoms with van der Waals surface area (Å²) in [6.07, 6.45) is 1.33. The van der Waals surface area contributed by atoms with Crippen molar-refractivity contribution in [1.29, 1.82) is 0 Å². The average molecular weight is 301 g/mol. The van der Waals surface area contributed by atoms with Crippen LogP contribution in [0.3, 0.4) is 0 Å². The molecule has 0 aliphatic rings. The first kappa shape index (κ1) is 13.7. The maximum absolute atomic E-state index is 12.2. The Morgan fingerprint density at radius 2 is 2.11 bits per heavy atom. The van der Waals surface area contributed by atoms with Crippen molar-refractivity contribution in [1.82, 2.24) is 9.78 Å². The van der Waals surface area contributed by atoms with E-state index in [-0.39, 0.29) is 10.7 Å². The summed E-state index contributed by atoms with van der Waals surface area (Å²) in [5, 5.41) is 4.12. The van der Waals surface area contributed by atoms with Gasteiger partial charge in [-0.1, -0.05) is 17.7 Å². The fraction of sp³-hybridized carbons (Fsp3) is 0.182. The smallest absolute Gasteiger partial charge is 0.267 e. The van der Waals surface area contributed by atoms with Crippen LogP contribution in [-0.2, 0) is 17.1 Å².